The van der Waals surface area contributed by atoms with Crippen LogP contribution in [0.2, 0.25) is 0 Å². The number of benzene rings is 1. The Morgan fingerprint density at radius 2 is 2.29 bits per heavy atom. The third-order valence-corrected chi connectivity index (χ3v) is 3.55. The number of amidine groups is 1. The Labute approximate surface area is 124 Å². The van der Waals surface area contributed by atoms with E-state index in [9.17, 15) is 4.79 Å². The maximum absolute atomic E-state index is 12.8. The number of oxime groups is 1. The fourth-order valence-electron chi connectivity index (χ4n) is 2.50. The highest BCUT2D eigenvalue weighted by atomic mass is 16.5. The first-order valence-corrected chi connectivity index (χ1v) is 7.19. The maximum Gasteiger partial charge on any atom is 0.237 e. The van der Waals surface area contributed by atoms with Crippen molar-refractivity contribution in [1.82, 2.24) is 0 Å². The zero-order chi connectivity index (χ0) is 15.2. The molecule has 1 aromatic carbocycles. The molecule has 1 atom stereocenters. The molecule has 21 heavy (non-hydrogen) atoms. The number of carbonyl (C=O) groups excluding carboxylic acids is 1. The first-order chi connectivity index (χ1) is 10.2. The molecule has 0 fully saturated rings. The van der Waals surface area contributed by atoms with E-state index in [1.165, 1.54) is 0 Å². The second-order valence-corrected chi connectivity index (χ2v) is 5.03. The smallest absolute Gasteiger partial charge is 0.237 e. The number of hydrogen-bond acceptors (Lipinski definition) is 4. The largest absolute Gasteiger partial charge is 0.491 e. The Kier molecular flexibility index (Phi) is 5.03. The number of amides is 1. The lowest BCUT2D eigenvalue weighted by Gasteiger charge is -2.26. The summed E-state index contributed by atoms with van der Waals surface area (Å²) in [5.74, 6) is -0.0983. The van der Waals surface area contributed by atoms with Crippen molar-refractivity contribution in [3.05, 3.63) is 24.3 Å². The number of ether oxygens (including phenoxy) is 1. The standard InChI is InChI=1S/C15H21N3O3/c1-2-6-11(14(16)17-20)15(19)18-9-5-10-21-13-8-4-3-7-12(13)18/h3-4,7-8,11,20H,2,5-6,9-10H2,1H3,(H2,16,17). The lowest BCUT2D eigenvalue weighted by atomic mass is 10.00. The molecular weight excluding hydrogens is 270 g/mol. The van der Waals surface area contributed by atoms with Crippen molar-refractivity contribution in [2.24, 2.45) is 16.8 Å². The van der Waals surface area contributed by atoms with E-state index in [0.29, 0.717) is 25.3 Å². The minimum atomic E-state index is -0.605. The minimum Gasteiger partial charge on any atom is -0.491 e. The van der Waals surface area contributed by atoms with E-state index in [0.717, 1.165) is 18.5 Å². The van der Waals surface area contributed by atoms with Gasteiger partial charge in [-0.1, -0.05) is 30.6 Å². The molecule has 1 aliphatic rings. The molecule has 0 bridgehead atoms. The van der Waals surface area contributed by atoms with Gasteiger partial charge in [-0.15, -0.1) is 0 Å². The van der Waals surface area contributed by atoms with E-state index in [1.54, 1.807) is 4.90 Å². The molecule has 2 rings (SSSR count). The van der Waals surface area contributed by atoms with Gasteiger partial charge in [0.15, 0.2) is 5.84 Å². The fraction of sp³-hybridized carbons (Fsp3) is 0.467. The van der Waals surface area contributed by atoms with Gasteiger partial charge in [-0.25, -0.2) is 0 Å². The van der Waals surface area contributed by atoms with Crippen molar-refractivity contribution in [3.8, 4) is 5.75 Å². The lowest BCUT2D eigenvalue weighted by Crippen LogP contribution is -2.42. The van der Waals surface area contributed by atoms with Gasteiger partial charge in [-0.3, -0.25) is 4.79 Å². The van der Waals surface area contributed by atoms with Crippen LogP contribution in [0.25, 0.3) is 0 Å². The normalized spacial score (nSPS) is 16.6. The molecule has 0 saturated carbocycles. The molecule has 6 heteroatoms. The van der Waals surface area contributed by atoms with Crippen LogP contribution in [0.5, 0.6) is 5.75 Å². The molecule has 1 amide bonds. The van der Waals surface area contributed by atoms with Gasteiger partial charge >= 0.3 is 0 Å². The van der Waals surface area contributed by atoms with Gasteiger partial charge in [0.2, 0.25) is 5.91 Å². The quantitative estimate of drug-likeness (QED) is 0.384. The Bertz CT molecular complexity index is 531. The van der Waals surface area contributed by atoms with E-state index in [4.69, 9.17) is 15.7 Å². The third-order valence-electron chi connectivity index (χ3n) is 3.55. The second kappa shape index (κ2) is 6.97. The highest BCUT2D eigenvalue weighted by Gasteiger charge is 2.30. The summed E-state index contributed by atoms with van der Waals surface area (Å²) >= 11 is 0. The van der Waals surface area contributed by atoms with Crippen LogP contribution in [0, 0.1) is 5.92 Å². The molecule has 1 heterocycles. The van der Waals surface area contributed by atoms with Crippen LogP contribution in [-0.4, -0.2) is 30.1 Å². The molecule has 0 saturated heterocycles. The predicted molar refractivity (Wildman–Crippen MR) is 80.7 cm³/mol. The average molecular weight is 291 g/mol. The Morgan fingerprint density at radius 1 is 1.52 bits per heavy atom. The fourth-order valence-corrected chi connectivity index (χ4v) is 2.50. The number of para-hydroxylation sites is 2. The SMILES string of the molecule is CCCC(C(=O)N1CCCOc2ccccc21)/C(N)=N/O. The van der Waals surface area contributed by atoms with Crippen molar-refractivity contribution in [2.45, 2.75) is 26.2 Å². The summed E-state index contributed by atoms with van der Waals surface area (Å²) in [5, 5.41) is 11.9. The molecule has 1 aromatic rings. The van der Waals surface area contributed by atoms with E-state index in [-0.39, 0.29) is 11.7 Å². The topological polar surface area (TPSA) is 88.2 Å². The van der Waals surface area contributed by atoms with Crippen LogP contribution < -0.4 is 15.4 Å². The average Bonchev–Trinajstić information content (AvgIpc) is 2.73. The number of rotatable bonds is 4. The van der Waals surface area contributed by atoms with Gasteiger partial charge in [0.25, 0.3) is 0 Å². The zero-order valence-electron chi connectivity index (χ0n) is 12.2. The van der Waals surface area contributed by atoms with Crippen LogP contribution >= 0.6 is 0 Å². The van der Waals surface area contributed by atoms with E-state index < -0.39 is 5.92 Å². The summed E-state index contributed by atoms with van der Waals surface area (Å²) in [5.41, 5.74) is 6.43. The first-order valence-electron chi connectivity index (χ1n) is 7.19. The monoisotopic (exact) mass is 291 g/mol. The van der Waals surface area contributed by atoms with Crippen molar-refractivity contribution < 1.29 is 14.7 Å². The number of fused-ring (bicyclic) bond motifs is 1. The molecular formula is C15H21N3O3. The Hall–Kier alpha value is -2.24. The van der Waals surface area contributed by atoms with Crippen molar-refractivity contribution in [3.63, 3.8) is 0 Å². The van der Waals surface area contributed by atoms with E-state index >= 15 is 0 Å². The predicted octanol–water partition coefficient (Wildman–Crippen LogP) is 1.96. The molecule has 0 aliphatic carbocycles. The third kappa shape index (κ3) is 3.26. The maximum atomic E-state index is 12.8. The second-order valence-electron chi connectivity index (χ2n) is 5.03. The molecule has 3 N–H and O–H groups in total. The molecule has 1 aliphatic heterocycles. The van der Waals surface area contributed by atoms with Crippen molar-refractivity contribution in [2.75, 3.05) is 18.1 Å². The summed E-state index contributed by atoms with van der Waals surface area (Å²) < 4.78 is 5.65. The van der Waals surface area contributed by atoms with E-state index in [1.807, 2.05) is 31.2 Å². The lowest BCUT2D eigenvalue weighted by molar-refractivity contribution is -0.120. The molecule has 0 aromatic heterocycles. The zero-order valence-corrected chi connectivity index (χ0v) is 12.2. The molecule has 114 valence electrons. The summed E-state index contributed by atoms with van der Waals surface area (Å²) in [6.07, 6.45) is 2.07. The van der Waals surface area contributed by atoms with Crippen LogP contribution in [0.1, 0.15) is 26.2 Å². The summed E-state index contributed by atoms with van der Waals surface area (Å²) in [6.45, 7) is 3.10. The summed E-state index contributed by atoms with van der Waals surface area (Å²) in [4.78, 5) is 14.5. The Morgan fingerprint density at radius 3 is 3.00 bits per heavy atom. The number of anilines is 1. The van der Waals surface area contributed by atoms with Crippen molar-refractivity contribution in [1.29, 1.82) is 0 Å². The van der Waals surface area contributed by atoms with Crippen molar-refractivity contribution >= 4 is 17.4 Å². The molecule has 6 nitrogen and oxygen atoms in total. The van der Waals surface area contributed by atoms with Crippen LogP contribution in [-0.2, 0) is 4.79 Å². The summed E-state index contributed by atoms with van der Waals surface area (Å²) in [6, 6.07) is 7.44. The first kappa shape index (κ1) is 15.2. The summed E-state index contributed by atoms with van der Waals surface area (Å²) in [7, 11) is 0. The molecule has 0 spiro atoms. The van der Waals surface area contributed by atoms with E-state index in [2.05, 4.69) is 5.16 Å². The van der Waals surface area contributed by atoms with Gasteiger partial charge in [-0.2, -0.15) is 0 Å². The number of nitrogens with two attached hydrogens (primary N) is 1. The highest BCUT2D eigenvalue weighted by molar-refractivity contribution is 6.09. The van der Waals surface area contributed by atoms with Gasteiger partial charge in [0.1, 0.15) is 5.75 Å². The van der Waals surface area contributed by atoms with Gasteiger partial charge in [0.05, 0.1) is 18.2 Å². The van der Waals surface area contributed by atoms with Gasteiger partial charge < -0.3 is 20.6 Å². The highest BCUT2D eigenvalue weighted by Crippen LogP contribution is 2.32. The van der Waals surface area contributed by atoms with Crippen LogP contribution in [0.3, 0.4) is 0 Å². The van der Waals surface area contributed by atoms with Crippen LogP contribution in [0.4, 0.5) is 5.69 Å². The molecule has 0 radical (unpaired) electrons. The minimum absolute atomic E-state index is 0.0375. The number of nitrogens with zero attached hydrogens (tertiary/aromatic N) is 2. The number of hydrogen-bond donors (Lipinski definition) is 2. The van der Waals surface area contributed by atoms with Gasteiger partial charge in [-0.05, 0) is 25.0 Å². The molecule has 1 unspecified atom stereocenters. The van der Waals surface area contributed by atoms with Gasteiger partial charge in [0, 0.05) is 6.54 Å². The van der Waals surface area contributed by atoms with Crippen LogP contribution in [0.15, 0.2) is 29.4 Å². The number of carbonyl (C=O) groups is 1. The Balaban J connectivity index is 2.33.